The first-order chi connectivity index (χ1) is 9.51. The monoisotopic (exact) mass is 278 g/mol. The molecular formula is C12H11FN4O3. The van der Waals surface area contributed by atoms with Crippen LogP contribution in [0.4, 0.5) is 15.9 Å². The first-order valence-corrected chi connectivity index (χ1v) is 5.57. The summed E-state index contributed by atoms with van der Waals surface area (Å²) in [6, 6.07) is 6.55. The molecule has 8 heteroatoms. The molecule has 1 aromatic carbocycles. The zero-order valence-corrected chi connectivity index (χ0v) is 10.5. The van der Waals surface area contributed by atoms with E-state index >= 15 is 0 Å². The molecule has 0 atom stereocenters. The van der Waals surface area contributed by atoms with Gasteiger partial charge in [-0.1, -0.05) is 0 Å². The number of halogens is 1. The number of anilines is 1. The van der Waals surface area contributed by atoms with Gasteiger partial charge in [0.25, 0.3) is 0 Å². The number of hydrogen-bond donors (Lipinski definition) is 2. The van der Waals surface area contributed by atoms with Crippen LogP contribution in [0.5, 0.6) is 11.6 Å². The largest absolute Gasteiger partial charge is 0.434 e. The van der Waals surface area contributed by atoms with Gasteiger partial charge in [0.15, 0.2) is 0 Å². The summed E-state index contributed by atoms with van der Waals surface area (Å²) >= 11 is 0. The van der Waals surface area contributed by atoms with Crippen molar-refractivity contribution in [3.63, 3.8) is 0 Å². The number of rotatable bonds is 4. The molecule has 0 aliphatic rings. The lowest BCUT2D eigenvalue weighted by atomic mass is 10.2. The van der Waals surface area contributed by atoms with Crippen molar-refractivity contribution in [2.24, 2.45) is 5.84 Å². The topological polar surface area (TPSA) is 103 Å². The maximum atomic E-state index is 13.2. The summed E-state index contributed by atoms with van der Waals surface area (Å²) in [6.45, 7) is 1.56. The minimum absolute atomic E-state index is 0.212. The summed E-state index contributed by atoms with van der Waals surface area (Å²) in [6.07, 6.45) is 0. The third-order valence-corrected chi connectivity index (χ3v) is 2.53. The van der Waals surface area contributed by atoms with Gasteiger partial charge >= 0.3 is 11.6 Å². The number of nitrogens with one attached hydrogen (secondary N) is 1. The highest BCUT2D eigenvalue weighted by molar-refractivity contribution is 5.50. The minimum Gasteiger partial charge on any atom is -0.434 e. The Kier molecular flexibility index (Phi) is 3.76. The second kappa shape index (κ2) is 5.49. The molecule has 0 saturated heterocycles. The van der Waals surface area contributed by atoms with Crippen LogP contribution in [0.1, 0.15) is 5.56 Å². The second-order valence-electron chi connectivity index (χ2n) is 3.94. The molecular weight excluding hydrogens is 267 g/mol. The van der Waals surface area contributed by atoms with E-state index in [1.165, 1.54) is 30.3 Å². The van der Waals surface area contributed by atoms with E-state index < -0.39 is 10.7 Å². The smallest absolute Gasteiger partial charge is 0.331 e. The number of ether oxygens (including phenoxy) is 1. The van der Waals surface area contributed by atoms with Crippen molar-refractivity contribution in [1.82, 2.24) is 4.98 Å². The van der Waals surface area contributed by atoms with Gasteiger partial charge in [-0.3, -0.25) is 10.1 Å². The van der Waals surface area contributed by atoms with Crippen molar-refractivity contribution < 1.29 is 14.1 Å². The van der Waals surface area contributed by atoms with Gasteiger partial charge in [-0.25, -0.2) is 10.2 Å². The SMILES string of the molecule is Cc1cc(Oc2nc(NN)ccc2[N+](=O)[O-])ccc1F. The number of hydrazine groups is 1. The summed E-state index contributed by atoms with van der Waals surface area (Å²) in [4.78, 5) is 14.1. The Morgan fingerprint density at radius 3 is 2.75 bits per heavy atom. The highest BCUT2D eigenvalue weighted by Crippen LogP contribution is 2.31. The standard InChI is InChI=1S/C12H11FN4O3/c1-7-6-8(2-3-9(7)13)20-12-10(17(18)19)4-5-11(15-12)16-14/h2-6H,14H2,1H3,(H,15,16). The van der Waals surface area contributed by atoms with Crippen molar-refractivity contribution >= 4 is 11.5 Å². The van der Waals surface area contributed by atoms with E-state index in [9.17, 15) is 14.5 Å². The van der Waals surface area contributed by atoms with Gasteiger partial charge in [0, 0.05) is 6.07 Å². The number of aryl methyl sites for hydroxylation is 1. The van der Waals surface area contributed by atoms with Gasteiger partial charge in [0.2, 0.25) is 0 Å². The maximum absolute atomic E-state index is 13.2. The van der Waals surface area contributed by atoms with Crippen LogP contribution in [0.2, 0.25) is 0 Å². The third-order valence-electron chi connectivity index (χ3n) is 2.53. The molecule has 0 radical (unpaired) electrons. The molecule has 7 nitrogen and oxygen atoms in total. The van der Waals surface area contributed by atoms with Crippen molar-refractivity contribution in [1.29, 1.82) is 0 Å². The normalized spacial score (nSPS) is 10.2. The van der Waals surface area contributed by atoms with Crippen molar-refractivity contribution in [3.8, 4) is 11.6 Å². The summed E-state index contributed by atoms with van der Waals surface area (Å²) in [5.41, 5.74) is 2.31. The lowest BCUT2D eigenvalue weighted by Crippen LogP contribution is -2.09. The molecule has 0 spiro atoms. The zero-order chi connectivity index (χ0) is 14.7. The van der Waals surface area contributed by atoms with E-state index in [2.05, 4.69) is 10.4 Å². The number of nitrogens with two attached hydrogens (primary N) is 1. The maximum Gasteiger partial charge on any atom is 0.331 e. The van der Waals surface area contributed by atoms with Gasteiger partial charge in [0.1, 0.15) is 17.4 Å². The van der Waals surface area contributed by atoms with E-state index in [4.69, 9.17) is 10.6 Å². The van der Waals surface area contributed by atoms with Gasteiger partial charge in [0.05, 0.1) is 4.92 Å². The molecule has 1 heterocycles. The van der Waals surface area contributed by atoms with E-state index in [0.29, 0.717) is 5.56 Å². The van der Waals surface area contributed by atoms with Crippen LogP contribution < -0.4 is 16.0 Å². The Morgan fingerprint density at radius 1 is 1.40 bits per heavy atom. The number of nitrogens with zero attached hydrogens (tertiary/aromatic N) is 2. The van der Waals surface area contributed by atoms with Crippen LogP contribution >= 0.6 is 0 Å². The fourth-order valence-electron chi connectivity index (χ4n) is 1.52. The van der Waals surface area contributed by atoms with Crippen molar-refractivity contribution in [3.05, 3.63) is 51.8 Å². The van der Waals surface area contributed by atoms with E-state index in [-0.39, 0.29) is 23.1 Å². The van der Waals surface area contributed by atoms with Crippen LogP contribution in [0.25, 0.3) is 0 Å². The third kappa shape index (κ3) is 2.81. The van der Waals surface area contributed by atoms with Gasteiger partial charge in [-0.15, -0.1) is 0 Å². The van der Waals surface area contributed by atoms with Crippen LogP contribution in [0.15, 0.2) is 30.3 Å². The predicted molar refractivity (Wildman–Crippen MR) is 69.9 cm³/mol. The Morgan fingerprint density at radius 2 is 2.15 bits per heavy atom. The molecule has 0 amide bonds. The molecule has 104 valence electrons. The van der Waals surface area contributed by atoms with Crippen LogP contribution in [-0.4, -0.2) is 9.91 Å². The molecule has 0 aliphatic carbocycles. The van der Waals surface area contributed by atoms with Crippen molar-refractivity contribution in [2.75, 3.05) is 5.43 Å². The lowest BCUT2D eigenvalue weighted by molar-refractivity contribution is -0.386. The molecule has 2 aromatic rings. The first-order valence-electron chi connectivity index (χ1n) is 5.57. The molecule has 0 aliphatic heterocycles. The summed E-state index contributed by atoms with van der Waals surface area (Å²) < 4.78 is 18.5. The fourth-order valence-corrected chi connectivity index (χ4v) is 1.52. The molecule has 0 bridgehead atoms. The molecule has 3 N–H and O–H groups in total. The minimum atomic E-state index is -0.626. The number of pyridine rings is 1. The Bertz CT molecular complexity index is 663. The van der Waals surface area contributed by atoms with Crippen LogP contribution in [0, 0.1) is 22.9 Å². The van der Waals surface area contributed by atoms with Crippen molar-refractivity contribution in [2.45, 2.75) is 6.92 Å². The summed E-state index contributed by atoms with van der Waals surface area (Å²) in [7, 11) is 0. The quantitative estimate of drug-likeness (QED) is 0.506. The van der Waals surface area contributed by atoms with E-state index in [1.54, 1.807) is 6.92 Å². The Labute approximate surface area is 113 Å². The van der Waals surface area contributed by atoms with Gasteiger partial charge in [-0.2, -0.15) is 4.98 Å². The number of aromatic nitrogens is 1. The Hall–Kier alpha value is -2.74. The number of nitro groups is 1. The predicted octanol–water partition coefficient (Wildman–Crippen LogP) is 2.52. The molecule has 1 aromatic heterocycles. The first kappa shape index (κ1) is 13.7. The number of nitrogen functional groups attached to an aromatic ring is 1. The lowest BCUT2D eigenvalue weighted by Gasteiger charge is -2.08. The van der Waals surface area contributed by atoms with Crippen LogP contribution in [-0.2, 0) is 0 Å². The Balaban J connectivity index is 2.40. The molecule has 2 rings (SSSR count). The fraction of sp³-hybridized carbons (Fsp3) is 0.0833. The highest BCUT2D eigenvalue weighted by atomic mass is 19.1. The average Bonchev–Trinajstić information content (AvgIpc) is 2.42. The molecule has 20 heavy (non-hydrogen) atoms. The summed E-state index contributed by atoms with van der Waals surface area (Å²) in [5, 5.41) is 10.9. The van der Waals surface area contributed by atoms with E-state index in [0.717, 1.165) is 0 Å². The summed E-state index contributed by atoms with van der Waals surface area (Å²) in [5.74, 6) is 5.03. The highest BCUT2D eigenvalue weighted by Gasteiger charge is 2.18. The van der Waals surface area contributed by atoms with E-state index in [1.807, 2.05) is 0 Å². The molecule has 0 unspecified atom stereocenters. The van der Waals surface area contributed by atoms with Gasteiger partial charge < -0.3 is 10.2 Å². The average molecular weight is 278 g/mol. The van der Waals surface area contributed by atoms with Crippen LogP contribution in [0.3, 0.4) is 0 Å². The second-order valence-corrected chi connectivity index (χ2v) is 3.94. The molecule has 0 fully saturated rings. The zero-order valence-electron chi connectivity index (χ0n) is 10.5. The molecule has 0 saturated carbocycles. The number of benzene rings is 1. The van der Waals surface area contributed by atoms with Gasteiger partial charge in [-0.05, 0) is 36.8 Å². The number of hydrogen-bond acceptors (Lipinski definition) is 6.